The Morgan fingerprint density at radius 2 is 0.833 bits per heavy atom. The van der Waals surface area contributed by atoms with E-state index in [-0.39, 0.29) is 17.5 Å². The van der Waals surface area contributed by atoms with Crippen molar-refractivity contribution in [1.82, 2.24) is 0 Å². The highest BCUT2D eigenvalue weighted by Crippen LogP contribution is 2.37. The Bertz CT molecular complexity index is 1590. The van der Waals surface area contributed by atoms with Gasteiger partial charge in [0.05, 0.1) is 0 Å². The number of aryl methyl sites for hydroxylation is 2. The highest BCUT2D eigenvalue weighted by atomic mass is 16.5. The largest absolute Gasteiger partial charge is 0.507 e. The number of benzene rings is 5. The highest BCUT2D eigenvalue weighted by molar-refractivity contribution is 5.94. The summed E-state index contributed by atoms with van der Waals surface area (Å²) in [6, 6.07) is 34.1. The molecular formula is C37H32O5. The fourth-order valence-corrected chi connectivity index (χ4v) is 4.98. The molecule has 0 amide bonds. The predicted molar refractivity (Wildman–Crippen MR) is 164 cm³/mol. The lowest BCUT2D eigenvalue weighted by atomic mass is 9.83. The van der Waals surface area contributed by atoms with Crippen LogP contribution in [0.2, 0.25) is 0 Å². The fourth-order valence-electron chi connectivity index (χ4n) is 4.98. The van der Waals surface area contributed by atoms with Gasteiger partial charge in [0, 0.05) is 17.0 Å². The summed E-state index contributed by atoms with van der Waals surface area (Å²) in [5.41, 5.74) is 6.10. The summed E-state index contributed by atoms with van der Waals surface area (Å²) in [7, 11) is 0. The van der Waals surface area contributed by atoms with E-state index in [9.17, 15) is 14.7 Å². The molecule has 0 atom stereocenters. The molecule has 0 spiro atoms. The van der Waals surface area contributed by atoms with E-state index in [1.54, 1.807) is 48.5 Å². The van der Waals surface area contributed by atoms with E-state index < -0.39 is 0 Å². The third kappa shape index (κ3) is 6.42. The average molecular weight is 557 g/mol. The first-order valence-corrected chi connectivity index (χ1v) is 13.8. The minimum absolute atomic E-state index is 0.0135. The molecule has 210 valence electrons. The van der Waals surface area contributed by atoms with Gasteiger partial charge in [-0.15, -0.1) is 0 Å². The van der Waals surface area contributed by atoms with Crippen molar-refractivity contribution < 1.29 is 24.2 Å². The Balaban J connectivity index is 1.43. The van der Waals surface area contributed by atoms with Gasteiger partial charge in [0.2, 0.25) is 0 Å². The Labute approximate surface area is 246 Å². The van der Waals surface area contributed by atoms with E-state index in [1.807, 2.05) is 74.5 Å². The Morgan fingerprint density at radius 1 is 0.524 bits per heavy atom. The Hall–Kier alpha value is -5.16. The van der Waals surface area contributed by atoms with Gasteiger partial charge in [-0.05, 0) is 128 Å². The summed E-state index contributed by atoms with van der Waals surface area (Å²) in [6.45, 7) is 6.90. The van der Waals surface area contributed by atoms with Crippen LogP contribution in [0.1, 0.15) is 68.3 Å². The summed E-state index contributed by atoms with van der Waals surface area (Å²) in [4.78, 5) is 23.1. The molecule has 0 saturated carbocycles. The lowest BCUT2D eigenvalue weighted by Crippen LogP contribution is -2.05. The van der Waals surface area contributed by atoms with Crippen LogP contribution < -0.4 is 9.47 Å². The molecule has 0 heterocycles. The molecule has 0 saturated heterocycles. The van der Waals surface area contributed by atoms with Gasteiger partial charge >= 0.3 is 0 Å². The third-order valence-electron chi connectivity index (χ3n) is 7.27. The maximum Gasteiger partial charge on any atom is 0.159 e. The molecule has 0 unspecified atom stereocenters. The summed E-state index contributed by atoms with van der Waals surface area (Å²) in [5.74, 6) is 2.91. The molecule has 5 rings (SSSR count). The number of carbonyl (C=O) groups excluding carboxylic acids is 2. The van der Waals surface area contributed by atoms with E-state index in [1.165, 1.54) is 13.8 Å². The number of ketones is 2. The quantitative estimate of drug-likeness (QED) is 0.145. The maximum atomic E-state index is 11.6. The zero-order chi connectivity index (χ0) is 29.8. The second-order valence-corrected chi connectivity index (χ2v) is 10.4. The van der Waals surface area contributed by atoms with Crippen LogP contribution in [0.4, 0.5) is 0 Å². The van der Waals surface area contributed by atoms with Gasteiger partial charge in [0.1, 0.15) is 28.7 Å². The molecule has 5 aromatic carbocycles. The van der Waals surface area contributed by atoms with Gasteiger partial charge < -0.3 is 14.6 Å². The van der Waals surface area contributed by atoms with Crippen LogP contribution >= 0.6 is 0 Å². The number of phenols is 1. The van der Waals surface area contributed by atoms with Gasteiger partial charge in [0.15, 0.2) is 11.6 Å². The van der Waals surface area contributed by atoms with Crippen LogP contribution in [0.25, 0.3) is 0 Å². The summed E-state index contributed by atoms with van der Waals surface area (Å²) in [5, 5.41) is 10.4. The van der Waals surface area contributed by atoms with Gasteiger partial charge in [-0.2, -0.15) is 0 Å². The molecule has 1 N–H and O–H groups in total. The minimum atomic E-state index is -0.101. The summed E-state index contributed by atoms with van der Waals surface area (Å²) >= 11 is 0. The average Bonchev–Trinajstić information content (AvgIpc) is 2.98. The van der Waals surface area contributed by atoms with Crippen molar-refractivity contribution in [3.63, 3.8) is 0 Å². The molecule has 5 heteroatoms. The molecule has 0 radical (unpaired) electrons. The van der Waals surface area contributed by atoms with Crippen LogP contribution in [0.3, 0.4) is 0 Å². The van der Waals surface area contributed by atoms with Crippen molar-refractivity contribution in [3.8, 4) is 28.7 Å². The fraction of sp³-hybridized carbons (Fsp3) is 0.135. The summed E-state index contributed by atoms with van der Waals surface area (Å²) < 4.78 is 12.1. The normalized spacial score (nSPS) is 10.9. The molecule has 5 nitrogen and oxygen atoms in total. The molecule has 0 fully saturated rings. The maximum absolute atomic E-state index is 11.6. The summed E-state index contributed by atoms with van der Waals surface area (Å²) in [6.07, 6.45) is 0. The first kappa shape index (κ1) is 28.4. The van der Waals surface area contributed by atoms with Crippen molar-refractivity contribution in [2.45, 2.75) is 33.6 Å². The van der Waals surface area contributed by atoms with Crippen molar-refractivity contribution in [1.29, 1.82) is 0 Å². The minimum Gasteiger partial charge on any atom is -0.507 e. The number of rotatable bonds is 9. The molecule has 0 aliphatic heterocycles. The zero-order valence-corrected chi connectivity index (χ0v) is 24.0. The first-order chi connectivity index (χ1) is 20.2. The van der Waals surface area contributed by atoms with Crippen LogP contribution in [-0.4, -0.2) is 16.7 Å². The van der Waals surface area contributed by atoms with Crippen molar-refractivity contribution in [2.75, 3.05) is 0 Å². The highest BCUT2D eigenvalue weighted by Gasteiger charge is 2.19. The number of aromatic hydroxyl groups is 1. The van der Waals surface area contributed by atoms with Crippen LogP contribution in [0, 0.1) is 13.8 Å². The van der Waals surface area contributed by atoms with E-state index in [0.29, 0.717) is 39.9 Å². The van der Waals surface area contributed by atoms with Gasteiger partial charge in [0.25, 0.3) is 0 Å². The number of carbonyl (C=O) groups is 2. The van der Waals surface area contributed by atoms with E-state index in [4.69, 9.17) is 9.47 Å². The van der Waals surface area contributed by atoms with Crippen LogP contribution in [0.5, 0.6) is 28.7 Å². The third-order valence-corrected chi connectivity index (χ3v) is 7.27. The lowest BCUT2D eigenvalue weighted by molar-refractivity contribution is 0.100. The topological polar surface area (TPSA) is 72.8 Å². The number of ether oxygens (including phenoxy) is 2. The van der Waals surface area contributed by atoms with Gasteiger partial charge in [-0.25, -0.2) is 0 Å². The molecule has 0 aliphatic carbocycles. The molecule has 0 bridgehead atoms. The number of phenolic OH excluding ortho intramolecular Hbond substituents is 1. The predicted octanol–water partition coefficient (Wildman–Crippen LogP) is 9.18. The Morgan fingerprint density at radius 3 is 1.14 bits per heavy atom. The number of Topliss-reactive ketones (excluding diaryl/α,β-unsaturated/α-hetero) is 2. The van der Waals surface area contributed by atoms with E-state index in [2.05, 4.69) is 0 Å². The van der Waals surface area contributed by atoms with E-state index in [0.717, 1.165) is 27.8 Å². The SMILES string of the molecule is CC(=O)c1ccc(Oc2ccc(C(c3ccc(Oc4ccc(C(C)=O)cc4)cc3)c3cc(C)c(O)c(C)c3)cc2)cc1. The van der Waals surface area contributed by atoms with Crippen molar-refractivity contribution in [3.05, 3.63) is 148 Å². The zero-order valence-electron chi connectivity index (χ0n) is 24.0. The first-order valence-electron chi connectivity index (χ1n) is 13.8. The second kappa shape index (κ2) is 12.1. The van der Waals surface area contributed by atoms with Crippen LogP contribution in [-0.2, 0) is 0 Å². The smallest absolute Gasteiger partial charge is 0.159 e. The lowest BCUT2D eigenvalue weighted by Gasteiger charge is -2.21. The molecular weight excluding hydrogens is 524 g/mol. The van der Waals surface area contributed by atoms with E-state index >= 15 is 0 Å². The van der Waals surface area contributed by atoms with Gasteiger partial charge in [-0.1, -0.05) is 36.4 Å². The van der Waals surface area contributed by atoms with Crippen molar-refractivity contribution >= 4 is 11.6 Å². The second-order valence-electron chi connectivity index (χ2n) is 10.4. The standard InChI is InChI=1S/C37H32O5/c1-23-21-31(22-24(2)37(23)40)36(29-9-17-34(18-10-29)41-32-13-5-27(6-14-32)25(3)38)30-11-19-35(20-12-30)42-33-15-7-28(8-16-33)26(4)39/h5-22,36,40H,1-4H3. The number of hydrogen-bond acceptors (Lipinski definition) is 5. The van der Waals surface area contributed by atoms with Crippen LogP contribution in [0.15, 0.2) is 109 Å². The molecule has 5 aromatic rings. The van der Waals surface area contributed by atoms with Crippen molar-refractivity contribution in [2.24, 2.45) is 0 Å². The molecule has 0 aromatic heterocycles. The molecule has 0 aliphatic rings. The monoisotopic (exact) mass is 556 g/mol. The number of hydrogen-bond donors (Lipinski definition) is 1. The van der Waals surface area contributed by atoms with Gasteiger partial charge in [-0.3, -0.25) is 9.59 Å². The molecule has 42 heavy (non-hydrogen) atoms. The Kier molecular flexibility index (Phi) is 8.21.